The Kier molecular flexibility index (Phi) is 3.96. The molecule has 0 bridgehead atoms. The second-order valence-corrected chi connectivity index (χ2v) is 3.93. The molecule has 3 N–H and O–H groups in total. The molecule has 0 spiro atoms. The van der Waals surface area contributed by atoms with E-state index in [1.165, 1.54) is 0 Å². The molecule has 0 fully saturated rings. The fourth-order valence-corrected chi connectivity index (χ4v) is 1.62. The molecule has 1 heterocycles. The van der Waals surface area contributed by atoms with E-state index >= 15 is 0 Å². The molecule has 18 heavy (non-hydrogen) atoms. The molecular formula is C11H13BN2O4. The molecule has 1 unspecified atom stereocenters. The first-order chi connectivity index (χ1) is 8.66. The number of nitrogens with one attached hydrogen (secondary N) is 1. The first-order valence-electron chi connectivity index (χ1n) is 5.59. The van der Waals surface area contributed by atoms with Crippen LogP contribution < -0.4 is 5.32 Å². The van der Waals surface area contributed by atoms with Gasteiger partial charge in [0.2, 0.25) is 6.10 Å². The lowest BCUT2D eigenvalue weighted by Crippen LogP contribution is -2.41. The summed E-state index contributed by atoms with van der Waals surface area (Å²) in [6, 6.07) is 9.44. The van der Waals surface area contributed by atoms with Crippen molar-refractivity contribution in [2.24, 2.45) is 5.16 Å². The third-order valence-corrected chi connectivity index (χ3v) is 2.53. The number of amides is 1. The van der Waals surface area contributed by atoms with Crippen LogP contribution in [0.4, 0.5) is 0 Å². The van der Waals surface area contributed by atoms with Gasteiger partial charge in [0.1, 0.15) is 0 Å². The van der Waals surface area contributed by atoms with Crippen LogP contribution in [0.1, 0.15) is 12.0 Å². The van der Waals surface area contributed by atoms with Crippen LogP contribution in [0, 0.1) is 0 Å². The Morgan fingerprint density at radius 1 is 1.44 bits per heavy atom. The molecule has 0 aromatic heterocycles. The van der Waals surface area contributed by atoms with Gasteiger partial charge in [-0.15, -0.1) is 0 Å². The monoisotopic (exact) mass is 248 g/mol. The van der Waals surface area contributed by atoms with Crippen LogP contribution in [0.3, 0.4) is 0 Å². The Morgan fingerprint density at radius 2 is 2.17 bits per heavy atom. The van der Waals surface area contributed by atoms with Crippen LogP contribution in [0.15, 0.2) is 35.5 Å². The SMILES string of the molecule is O=C(NCB(O)O)C1CC(c2ccccc2)=NO1. The van der Waals surface area contributed by atoms with Crippen LogP contribution in [0.2, 0.25) is 0 Å². The van der Waals surface area contributed by atoms with Crippen LogP contribution in [-0.4, -0.2) is 41.3 Å². The Labute approximate surface area is 104 Å². The first-order valence-corrected chi connectivity index (χ1v) is 5.59. The molecule has 0 saturated heterocycles. The minimum atomic E-state index is -1.56. The topological polar surface area (TPSA) is 91.2 Å². The van der Waals surface area contributed by atoms with Crippen molar-refractivity contribution in [2.45, 2.75) is 12.5 Å². The summed E-state index contributed by atoms with van der Waals surface area (Å²) in [7, 11) is -1.56. The van der Waals surface area contributed by atoms with Crippen LogP contribution in [0.5, 0.6) is 0 Å². The quantitative estimate of drug-likeness (QED) is 0.615. The van der Waals surface area contributed by atoms with Gasteiger partial charge in [0.25, 0.3) is 5.91 Å². The molecular weight excluding hydrogens is 235 g/mol. The van der Waals surface area contributed by atoms with Gasteiger partial charge in [-0.05, 0) is 5.56 Å². The van der Waals surface area contributed by atoms with Crippen molar-refractivity contribution < 1.29 is 19.7 Å². The van der Waals surface area contributed by atoms with E-state index in [1.54, 1.807) is 0 Å². The van der Waals surface area contributed by atoms with Crippen molar-refractivity contribution in [3.05, 3.63) is 35.9 Å². The van der Waals surface area contributed by atoms with E-state index in [2.05, 4.69) is 10.5 Å². The van der Waals surface area contributed by atoms with Crippen molar-refractivity contribution in [3.8, 4) is 0 Å². The van der Waals surface area contributed by atoms with E-state index in [0.717, 1.165) is 5.56 Å². The van der Waals surface area contributed by atoms with E-state index in [4.69, 9.17) is 14.9 Å². The molecule has 0 aliphatic carbocycles. The van der Waals surface area contributed by atoms with Gasteiger partial charge in [0.15, 0.2) is 0 Å². The molecule has 1 aliphatic rings. The van der Waals surface area contributed by atoms with Crippen LogP contribution in [-0.2, 0) is 9.63 Å². The molecule has 0 radical (unpaired) electrons. The van der Waals surface area contributed by atoms with Gasteiger partial charge < -0.3 is 20.2 Å². The minimum Gasteiger partial charge on any atom is -0.426 e. The maximum atomic E-state index is 11.6. The van der Waals surface area contributed by atoms with E-state index in [-0.39, 0.29) is 6.44 Å². The first kappa shape index (κ1) is 12.6. The van der Waals surface area contributed by atoms with Gasteiger partial charge in [-0.25, -0.2) is 0 Å². The molecule has 1 aromatic carbocycles. The van der Waals surface area contributed by atoms with Crippen molar-refractivity contribution in [1.29, 1.82) is 0 Å². The zero-order valence-corrected chi connectivity index (χ0v) is 9.61. The number of hydrogen-bond donors (Lipinski definition) is 3. The number of rotatable bonds is 4. The highest BCUT2D eigenvalue weighted by molar-refractivity contribution is 6.41. The second kappa shape index (κ2) is 5.66. The molecule has 6 nitrogen and oxygen atoms in total. The van der Waals surface area contributed by atoms with Crippen molar-refractivity contribution >= 4 is 18.7 Å². The molecule has 94 valence electrons. The zero-order chi connectivity index (χ0) is 13.0. The summed E-state index contributed by atoms with van der Waals surface area (Å²) in [5, 5.41) is 23.5. The summed E-state index contributed by atoms with van der Waals surface area (Å²) >= 11 is 0. The standard InChI is InChI=1S/C11H13BN2O4/c15-11(13-7-12(16)17)10-6-9(14-18-10)8-4-2-1-3-5-8/h1-5,10,16-17H,6-7H2,(H,13,15). The van der Waals surface area contributed by atoms with Crippen LogP contribution >= 0.6 is 0 Å². The Hall–Kier alpha value is -1.86. The lowest BCUT2D eigenvalue weighted by molar-refractivity contribution is -0.130. The second-order valence-electron chi connectivity index (χ2n) is 3.93. The maximum absolute atomic E-state index is 11.6. The van der Waals surface area contributed by atoms with E-state index in [0.29, 0.717) is 12.1 Å². The summed E-state index contributed by atoms with van der Waals surface area (Å²) in [6.07, 6.45) is -0.560. The molecule has 1 aromatic rings. The number of nitrogens with zero attached hydrogens (tertiary/aromatic N) is 1. The number of carbonyl (C=O) groups is 1. The molecule has 2 rings (SSSR count). The van der Waals surface area contributed by atoms with E-state index in [9.17, 15) is 4.79 Å². The Balaban J connectivity index is 1.89. The van der Waals surface area contributed by atoms with Crippen LogP contribution in [0.25, 0.3) is 0 Å². The zero-order valence-electron chi connectivity index (χ0n) is 9.61. The number of carbonyl (C=O) groups excluding carboxylic acids is 1. The maximum Gasteiger partial charge on any atom is 0.472 e. The minimum absolute atomic E-state index is 0.223. The van der Waals surface area contributed by atoms with Crippen molar-refractivity contribution in [1.82, 2.24) is 5.32 Å². The highest BCUT2D eigenvalue weighted by Gasteiger charge is 2.29. The summed E-state index contributed by atoms with van der Waals surface area (Å²) in [6.45, 7) is 0. The smallest absolute Gasteiger partial charge is 0.426 e. The summed E-state index contributed by atoms with van der Waals surface area (Å²) < 4.78 is 0. The van der Waals surface area contributed by atoms with Crippen molar-refractivity contribution in [3.63, 3.8) is 0 Å². The summed E-state index contributed by atoms with van der Waals surface area (Å²) in [5.74, 6) is -0.405. The van der Waals surface area contributed by atoms with Gasteiger partial charge in [-0.1, -0.05) is 35.5 Å². The van der Waals surface area contributed by atoms with Gasteiger partial charge >= 0.3 is 7.12 Å². The van der Waals surface area contributed by atoms with Gasteiger partial charge in [-0.3, -0.25) is 4.79 Å². The normalized spacial score (nSPS) is 17.9. The fraction of sp³-hybridized carbons (Fsp3) is 0.273. The molecule has 1 atom stereocenters. The van der Waals surface area contributed by atoms with E-state index < -0.39 is 19.1 Å². The third-order valence-electron chi connectivity index (χ3n) is 2.53. The fourth-order valence-electron chi connectivity index (χ4n) is 1.62. The number of oxime groups is 1. The average Bonchev–Trinajstić information content (AvgIpc) is 2.86. The van der Waals surface area contributed by atoms with Crippen molar-refractivity contribution in [2.75, 3.05) is 6.44 Å². The number of benzene rings is 1. The molecule has 1 amide bonds. The average molecular weight is 248 g/mol. The Bertz CT molecular complexity index is 450. The Morgan fingerprint density at radius 3 is 2.83 bits per heavy atom. The largest absolute Gasteiger partial charge is 0.472 e. The predicted molar refractivity (Wildman–Crippen MR) is 65.7 cm³/mol. The predicted octanol–water partition coefficient (Wildman–Crippen LogP) is -0.692. The summed E-state index contributed by atoms with van der Waals surface area (Å²) in [4.78, 5) is 16.6. The van der Waals surface area contributed by atoms with E-state index in [1.807, 2.05) is 30.3 Å². The van der Waals surface area contributed by atoms with Gasteiger partial charge in [0, 0.05) is 6.42 Å². The third kappa shape index (κ3) is 3.09. The molecule has 7 heteroatoms. The molecule has 1 aliphatic heterocycles. The highest BCUT2D eigenvalue weighted by atomic mass is 16.6. The number of hydrogen-bond acceptors (Lipinski definition) is 5. The van der Waals surface area contributed by atoms with Gasteiger partial charge in [-0.2, -0.15) is 0 Å². The molecule has 0 saturated carbocycles. The van der Waals surface area contributed by atoms with Gasteiger partial charge in [0.05, 0.1) is 12.2 Å². The lowest BCUT2D eigenvalue weighted by atomic mass is 9.92. The lowest BCUT2D eigenvalue weighted by Gasteiger charge is -2.08. The summed E-state index contributed by atoms with van der Waals surface area (Å²) in [5.41, 5.74) is 1.62. The highest BCUT2D eigenvalue weighted by Crippen LogP contribution is 2.16.